The lowest BCUT2D eigenvalue weighted by Gasteiger charge is -2.21. The summed E-state index contributed by atoms with van der Waals surface area (Å²) in [6.45, 7) is 1.54. The van der Waals surface area contributed by atoms with Crippen LogP contribution in [0.25, 0.3) is 0 Å². The van der Waals surface area contributed by atoms with Crippen LogP contribution in [0.2, 0.25) is 0 Å². The number of carbonyl (C=O) groups excluding carboxylic acids is 2. The molecule has 0 bridgehead atoms. The number of nitrogens with zero attached hydrogens (tertiary/aromatic N) is 2. The van der Waals surface area contributed by atoms with E-state index in [9.17, 15) is 9.59 Å². The lowest BCUT2D eigenvalue weighted by molar-refractivity contribution is -0.128. The molecule has 0 aliphatic carbocycles. The van der Waals surface area contributed by atoms with Crippen molar-refractivity contribution in [2.24, 2.45) is 5.92 Å². The summed E-state index contributed by atoms with van der Waals surface area (Å²) < 4.78 is 4.98. The van der Waals surface area contributed by atoms with Crippen molar-refractivity contribution in [3.8, 4) is 0 Å². The molecule has 2 rings (SSSR count). The zero-order valence-corrected chi connectivity index (χ0v) is 11.9. The number of para-hydroxylation sites is 1. The third-order valence-electron chi connectivity index (χ3n) is 3.60. The molecule has 0 unspecified atom stereocenters. The Morgan fingerprint density at radius 2 is 2.10 bits per heavy atom. The molecule has 1 heterocycles. The molecule has 1 aromatic rings. The summed E-state index contributed by atoms with van der Waals surface area (Å²) in [6.07, 6.45) is 0.291. The topological polar surface area (TPSA) is 49.9 Å². The van der Waals surface area contributed by atoms with Crippen LogP contribution < -0.4 is 4.90 Å². The Morgan fingerprint density at radius 3 is 2.75 bits per heavy atom. The van der Waals surface area contributed by atoms with Gasteiger partial charge in [0.1, 0.15) is 0 Å². The van der Waals surface area contributed by atoms with Gasteiger partial charge in [-0.15, -0.1) is 0 Å². The molecule has 1 fully saturated rings. The zero-order valence-electron chi connectivity index (χ0n) is 11.9. The van der Waals surface area contributed by atoms with Crippen molar-refractivity contribution >= 4 is 17.5 Å². The zero-order chi connectivity index (χ0) is 14.5. The Kier molecular flexibility index (Phi) is 4.74. The standard InChI is InChI=1S/C15H20N2O3/c1-16(13-6-4-3-5-7-13)15(19)12-10-14(18)17(11-12)8-9-20-2/h3-7,12H,8-11H2,1-2H3/t12-/m1/s1. The van der Waals surface area contributed by atoms with Gasteiger partial charge in [0, 0.05) is 39.4 Å². The number of rotatable bonds is 5. The highest BCUT2D eigenvalue weighted by Crippen LogP contribution is 2.22. The first-order valence-corrected chi connectivity index (χ1v) is 6.73. The van der Waals surface area contributed by atoms with E-state index in [0.717, 1.165) is 5.69 Å². The average molecular weight is 276 g/mol. The Morgan fingerprint density at radius 1 is 1.40 bits per heavy atom. The van der Waals surface area contributed by atoms with Crippen LogP contribution >= 0.6 is 0 Å². The van der Waals surface area contributed by atoms with Gasteiger partial charge in [0.15, 0.2) is 0 Å². The van der Waals surface area contributed by atoms with E-state index in [-0.39, 0.29) is 17.7 Å². The van der Waals surface area contributed by atoms with Crippen LogP contribution in [0.15, 0.2) is 30.3 Å². The molecule has 2 amide bonds. The fourth-order valence-corrected chi connectivity index (χ4v) is 2.41. The summed E-state index contributed by atoms with van der Waals surface area (Å²) in [5, 5.41) is 0. The molecular formula is C15H20N2O3. The average Bonchev–Trinajstić information content (AvgIpc) is 2.85. The van der Waals surface area contributed by atoms with Crippen molar-refractivity contribution in [3.05, 3.63) is 30.3 Å². The van der Waals surface area contributed by atoms with Gasteiger partial charge < -0.3 is 14.5 Å². The second-order valence-electron chi connectivity index (χ2n) is 4.97. The monoisotopic (exact) mass is 276 g/mol. The molecule has 0 N–H and O–H groups in total. The van der Waals surface area contributed by atoms with Crippen LogP contribution in [-0.4, -0.2) is 50.6 Å². The summed E-state index contributed by atoms with van der Waals surface area (Å²) in [5.41, 5.74) is 0.847. The summed E-state index contributed by atoms with van der Waals surface area (Å²) in [7, 11) is 3.35. The maximum absolute atomic E-state index is 12.4. The van der Waals surface area contributed by atoms with E-state index in [1.54, 1.807) is 24.0 Å². The van der Waals surface area contributed by atoms with E-state index in [0.29, 0.717) is 26.1 Å². The number of carbonyl (C=O) groups is 2. The Hall–Kier alpha value is -1.88. The molecule has 0 spiro atoms. The van der Waals surface area contributed by atoms with Gasteiger partial charge in [0.25, 0.3) is 0 Å². The first-order chi connectivity index (χ1) is 9.63. The second kappa shape index (κ2) is 6.52. The van der Waals surface area contributed by atoms with Gasteiger partial charge >= 0.3 is 0 Å². The second-order valence-corrected chi connectivity index (χ2v) is 4.97. The molecule has 0 radical (unpaired) electrons. The first kappa shape index (κ1) is 14.5. The Bertz CT molecular complexity index is 475. The predicted molar refractivity (Wildman–Crippen MR) is 76.4 cm³/mol. The van der Waals surface area contributed by atoms with Crippen LogP contribution in [0.3, 0.4) is 0 Å². The van der Waals surface area contributed by atoms with Crippen molar-refractivity contribution < 1.29 is 14.3 Å². The smallest absolute Gasteiger partial charge is 0.232 e. The minimum absolute atomic E-state index is 0.00975. The summed E-state index contributed by atoms with van der Waals surface area (Å²) in [5.74, 6) is -0.240. The minimum Gasteiger partial charge on any atom is -0.383 e. The molecule has 108 valence electrons. The SMILES string of the molecule is COCCN1C[C@H](C(=O)N(C)c2ccccc2)CC1=O. The van der Waals surface area contributed by atoms with Crippen LogP contribution in [0.4, 0.5) is 5.69 Å². The molecule has 1 saturated heterocycles. The molecule has 1 aliphatic rings. The molecule has 0 saturated carbocycles. The Balaban J connectivity index is 1.98. The highest BCUT2D eigenvalue weighted by atomic mass is 16.5. The molecule has 5 heteroatoms. The molecular weight excluding hydrogens is 256 g/mol. The molecule has 1 atom stereocenters. The molecule has 1 aromatic carbocycles. The fourth-order valence-electron chi connectivity index (χ4n) is 2.41. The maximum Gasteiger partial charge on any atom is 0.232 e. The van der Waals surface area contributed by atoms with E-state index in [2.05, 4.69) is 0 Å². The van der Waals surface area contributed by atoms with Gasteiger partial charge in [0.2, 0.25) is 11.8 Å². The van der Waals surface area contributed by atoms with E-state index in [4.69, 9.17) is 4.74 Å². The van der Waals surface area contributed by atoms with Gasteiger partial charge in [-0.2, -0.15) is 0 Å². The van der Waals surface area contributed by atoms with E-state index >= 15 is 0 Å². The highest BCUT2D eigenvalue weighted by molar-refractivity contribution is 5.98. The first-order valence-electron chi connectivity index (χ1n) is 6.73. The summed E-state index contributed by atoms with van der Waals surface area (Å²) in [6, 6.07) is 9.47. The van der Waals surface area contributed by atoms with Gasteiger partial charge in [-0.05, 0) is 12.1 Å². The molecule has 1 aliphatic heterocycles. The maximum atomic E-state index is 12.4. The van der Waals surface area contributed by atoms with Crippen LogP contribution in [-0.2, 0) is 14.3 Å². The number of hydrogen-bond donors (Lipinski definition) is 0. The predicted octanol–water partition coefficient (Wildman–Crippen LogP) is 1.14. The number of ether oxygens (including phenoxy) is 1. The van der Waals surface area contributed by atoms with Crippen molar-refractivity contribution in [1.29, 1.82) is 0 Å². The van der Waals surface area contributed by atoms with Crippen molar-refractivity contribution in [3.63, 3.8) is 0 Å². The van der Waals surface area contributed by atoms with Gasteiger partial charge in [-0.3, -0.25) is 9.59 Å². The van der Waals surface area contributed by atoms with Crippen molar-refractivity contribution in [1.82, 2.24) is 4.90 Å². The van der Waals surface area contributed by atoms with Gasteiger partial charge in [0.05, 0.1) is 12.5 Å². The summed E-state index contributed by atoms with van der Waals surface area (Å²) in [4.78, 5) is 27.6. The van der Waals surface area contributed by atoms with Gasteiger partial charge in [-0.1, -0.05) is 18.2 Å². The lowest BCUT2D eigenvalue weighted by Crippen LogP contribution is -2.35. The normalized spacial score (nSPS) is 18.4. The lowest BCUT2D eigenvalue weighted by atomic mass is 10.1. The van der Waals surface area contributed by atoms with E-state index < -0.39 is 0 Å². The van der Waals surface area contributed by atoms with E-state index in [1.807, 2.05) is 30.3 Å². The van der Waals surface area contributed by atoms with Crippen LogP contribution in [0, 0.1) is 5.92 Å². The molecule has 20 heavy (non-hydrogen) atoms. The third-order valence-corrected chi connectivity index (χ3v) is 3.60. The quantitative estimate of drug-likeness (QED) is 0.810. The Labute approximate surface area is 119 Å². The van der Waals surface area contributed by atoms with Crippen LogP contribution in [0.5, 0.6) is 0 Å². The van der Waals surface area contributed by atoms with E-state index in [1.165, 1.54) is 0 Å². The highest BCUT2D eigenvalue weighted by Gasteiger charge is 2.35. The van der Waals surface area contributed by atoms with Crippen molar-refractivity contribution in [2.45, 2.75) is 6.42 Å². The summed E-state index contributed by atoms with van der Waals surface area (Å²) >= 11 is 0. The van der Waals surface area contributed by atoms with Crippen LogP contribution in [0.1, 0.15) is 6.42 Å². The number of anilines is 1. The number of benzene rings is 1. The number of hydrogen-bond acceptors (Lipinski definition) is 3. The molecule has 5 nitrogen and oxygen atoms in total. The number of amides is 2. The number of methoxy groups -OCH3 is 1. The molecule has 0 aromatic heterocycles. The minimum atomic E-state index is -0.260. The third kappa shape index (κ3) is 3.17. The largest absolute Gasteiger partial charge is 0.383 e. The fraction of sp³-hybridized carbons (Fsp3) is 0.467. The van der Waals surface area contributed by atoms with Gasteiger partial charge in [-0.25, -0.2) is 0 Å². The van der Waals surface area contributed by atoms with Crippen molar-refractivity contribution in [2.75, 3.05) is 38.8 Å². The number of likely N-dealkylation sites (tertiary alicyclic amines) is 1.